The van der Waals surface area contributed by atoms with Crippen LogP contribution < -0.4 is 0 Å². The first-order chi connectivity index (χ1) is 3.27. The van der Waals surface area contributed by atoms with Gasteiger partial charge in [-0.2, -0.15) is 0 Å². The van der Waals surface area contributed by atoms with E-state index in [0.29, 0.717) is 5.92 Å². The molecule has 0 unspecified atom stereocenters. The van der Waals surface area contributed by atoms with E-state index in [2.05, 4.69) is 13.8 Å². The van der Waals surface area contributed by atoms with Gasteiger partial charge < -0.3 is 4.74 Å². The van der Waals surface area contributed by atoms with E-state index in [1.807, 2.05) is 6.92 Å². The molecule has 0 N–H and O–H groups in total. The van der Waals surface area contributed by atoms with Crippen LogP contribution in [-0.2, 0) is 24.2 Å². The maximum atomic E-state index is 5.09. The first-order valence-corrected chi connectivity index (χ1v) is 2.85. The smallest absolute Gasteiger partial charge is 0.0488 e. The molecule has 0 bridgehead atoms. The molecule has 0 aliphatic carbocycles. The van der Waals surface area contributed by atoms with Crippen molar-refractivity contribution in [3.63, 3.8) is 0 Å². The van der Waals surface area contributed by atoms with Crippen LogP contribution in [0.2, 0.25) is 0 Å². The van der Waals surface area contributed by atoms with Crippen LogP contribution in [0.4, 0.5) is 0 Å². The molecule has 0 spiro atoms. The van der Waals surface area contributed by atoms with Gasteiger partial charge in [-0.3, -0.25) is 0 Å². The summed E-state index contributed by atoms with van der Waals surface area (Å²) < 4.78 is 5.09. The molecule has 0 aromatic heterocycles. The fourth-order valence-corrected chi connectivity index (χ4v) is 0.354. The summed E-state index contributed by atoms with van der Waals surface area (Å²) in [6.45, 7) is 8.06. The van der Waals surface area contributed by atoms with Crippen LogP contribution in [0.25, 0.3) is 0 Å². The molecule has 0 amide bonds. The third-order valence-corrected chi connectivity index (χ3v) is 0.655. The standard InChI is InChI=1S/C6H14O.Zn/c1-4-7-5-6(2)3;/h6H,4-5H2,1-3H3;. The first kappa shape index (κ1) is 11.4. The van der Waals surface area contributed by atoms with E-state index >= 15 is 0 Å². The average molecular weight is 168 g/mol. The minimum Gasteiger partial charge on any atom is -0.381 e. The maximum Gasteiger partial charge on any atom is 0.0488 e. The molecule has 0 heterocycles. The van der Waals surface area contributed by atoms with Crippen molar-refractivity contribution in [1.29, 1.82) is 0 Å². The van der Waals surface area contributed by atoms with Gasteiger partial charge >= 0.3 is 0 Å². The fraction of sp³-hybridized carbons (Fsp3) is 1.00. The van der Waals surface area contributed by atoms with Crippen LogP contribution >= 0.6 is 0 Å². The topological polar surface area (TPSA) is 9.23 Å². The van der Waals surface area contributed by atoms with Crippen molar-refractivity contribution in [3.05, 3.63) is 0 Å². The predicted octanol–water partition coefficient (Wildman–Crippen LogP) is 1.68. The van der Waals surface area contributed by atoms with E-state index in [1.54, 1.807) is 0 Å². The minimum atomic E-state index is 0. The number of hydrogen-bond acceptors (Lipinski definition) is 1. The van der Waals surface area contributed by atoms with Crippen LogP contribution in [0, 0.1) is 5.92 Å². The molecule has 0 aromatic carbocycles. The summed E-state index contributed by atoms with van der Waals surface area (Å²) in [4.78, 5) is 0. The fourth-order valence-electron chi connectivity index (χ4n) is 0.354. The van der Waals surface area contributed by atoms with Gasteiger partial charge in [-0.25, -0.2) is 0 Å². The molecule has 0 radical (unpaired) electrons. The molecule has 0 atom stereocenters. The molecule has 8 heavy (non-hydrogen) atoms. The van der Waals surface area contributed by atoms with E-state index in [-0.39, 0.29) is 19.5 Å². The summed E-state index contributed by atoms with van der Waals surface area (Å²) in [5.74, 6) is 0.681. The van der Waals surface area contributed by atoms with Crippen molar-refractivity contribution in [2.24, 2.45) is 5.92 Å². The molecule has 0 aromatic rings. The maximum absolute atomic E-state index is 5.09. The average Bonchev–Trinajstić information content (AvgIpc) is 1.61. The Hall–Kier alpha value is 0.583. The third kappa shape index (κ3) is 9.77. The molecular formula is C6H14OZn. The quantitative estimate of drug-likeness (QED) is 0.581. The predicted molar refractivity (Wildman–Crippen MR) is 31.3 cm³/mol. The second kappa shape index (κ2) is 7.58. The van der Waals surface area contributed by atoms with Crippen LogP contribution in [0.3, 0.4) is 0 Å². The van der Waals surface area contributed by atoms with Gasteiger partial charge in [0.25, 0.3) is 0 Å². The van der Waals surface area contributed by atoms with Gasteiger partial charge in [-0.05, 0) is 12.8 Å². The van der Waals surface area contributed by atoms with Crippen molar-refractivity contribution in [1.82, 2.24) is 0 Å². The van der Waals surface area contributed by atoms with Gasteiger partial charge in [-0.15, -0.1) is 0 Å². The van der Waals surface area contributed by atoms with Gasteiger partial charge in [0, 0.05) is 32.7 Å². The second-order valence-corrected chi connectivity index (χ2v) is 2.05. The Morgan fingerprint density at radius 2 is 1.88 bits per heavy atom. The van der Waals surface area contributed by atoms with Crippen molar-refractivity contribution < 1.29 is 24.2 Å². The zero-order valence-electron chi connectivity index (χ0n) is 6.11. The monoisotopic (exact) mass is 166 g/mol. The Morgan fingerprint density at radius 3 is 2.00 bits per heavy atom. The van der Waals surface area contributed by atoms with E-state index in [4.69, 9.17) is 4.74 Å². The van der Waals surface area contributed by atoms with E-state index in [9.17, 15) is 0 Å². The molecule has 0 saturated heterocycles. The zero-order valence-corrected chi connectivity index (χ0v) is 9.07. The molecule has 0 saturated carbocycles. The van der Waals surface area contributed by atoms with Crippen molar-refractivity contribution >= 4 is 0 Å². The van der Waals surface area contributed by atoms with Gasteiger partial charge in [0.2, 0.25) is 0 Å². The summed E-state index contributed by atoms with van der Waals surface area (Å²) in [5.41, 5.74) is 0. The largest absolute Gasteiger partial charge is 0.381 e. The number of ether oxygens (including phenoxy) is 1. The van der Waals surface area contributed by atoms with Gasteiger partial charge in [-0.1, -0.05) is 13.8 Å². The number of hydrogen-bond donors (Lipinski definition) is 0. The summed E-state index contributed by atoms with van der Waals surface area (Å²) in [7, 11) is 0. The van der Waals surface area contributed by atoms with Gasteiger partial charge in [0.1, 0.15) is 0 Å². The summed E-state index contributed by atoms with van der Waals surface area (Å²) in [6.07, 6.45) is 0. The van der Waals surface area contributed by atoms with Crippen LogP contribution in [0.1, 0.15) is 20.8 Å². The Morgan fingerprint density at radius 1 is 1.38 bits per heavy atom. The molecule has 0 fully saturated rings. The molecule has 0 aliphatic rings. The van der Waals surface area contributed by atoms with E-state index in [1.165, 1.54) is 0 Å². The molecular weight excluding hydrogens is 153 g/mol. The van der Waals surface area contributed by atoms with Gasteiger partial charge in [0.05, 0.1) is 0 Å². The Kier molecular flexibility index (Phi) is 10.8. The molecule has 2 heteroatoms. The molecule has 1 nitrogen and oxygen atoms in total. The zero-order chi connectivity index (χ0) is 5.70. The van der Waals surface area contributed by atoms with Crippen LogP contribution in [-0.4, -0.2) is 13.2 Å². The van der Waals surface area contributed by atoms with E-state index in [0.717, 1.165) is 13.2 Å². The molecule has 0 aliphatic heterocycles. The Labute approximate surface area is 64.6 Å². The second-order valence-electron chi connectivity index (χ2n) is 2.05. The normalized spacial score (nSPS) is 9.00. The third-order valence-electron chi connectivity index (χ3n) is 0.655. The van der Waals surface area contributed by atoms with Crippen LogP contribution in [0.15, 0.2) is 0 Å². The summed E-state index contributed by atoms with van der Waals surface area (Å²) in [6, 6.07) is 0. The number of rotatable bonds is 3. The van der Waals surface area contributed by atoms with Gasteiger partial charge in [0.15, 0.2) is 0 Å². The van der Waals surface area contributed by atoms with Crippen molar-refractivity contribution in [2.45, 2.75) is 20.8 Å². The van der Waals surface area contributed by atoms with Crippen molar-refractivity contribution in [2.75, 3.05) is 13.2 Å². The van der Waals surface area contributed by atoms with Crippen molar-refractivity contribution in [3.8, 4) is 0 Å². The SMILES string of the molecule is CCOCC(C)C.[Zn]. The minimum absolute atomic E-state index is 0. The first-order valence-electron chi connectivity index (χ1n) is 2.85. The molecule has 0 rings (SSSR count). The Balaban J connectivity index is 0. The Bertz CT molecular complexity index is 37.5. The van der Waals surface area contributed by atoms with E-state index < -0.39 is 0 Å². The molecule has 46 valence electrons. The van der Waals surface area contributed by atoms with Crippen LogP contribution in [0.5, 0.6) is 0 Å². The summed E-state index contributed by atoms with van der Waals surface area (Å²) in [5, 5.41) is 0. The summed E-state index contributed by atoms with van der Waals surface area (Å²) >= 11 is 0.